The number of ether oxygens (including phenoxy) is 1. The van der Waals surface area contributed by atoms with Crippen LogP contribution in [0.25, 0.3) is 167 Å². The van der Waals surface area contributed by atoms with Crippen LogP contribution in [0.3, 0.4) is 0 Å². The molecule has 0 amide bonds. The van der Waals surface area contributed by atoms with Crippen molar-refractivity contribution in [1.82, 2.24) is 77.6 Å². The zero-order valence-electron chi connectivity index (χ0n) is 77.7. The van der Waals surface area contributed by atoms with Crippen LogP contribution in [-0.4, -0.2) is 111 Å². The number of aromatic nitrogens is 15. The van der Waals surface area contributed by atoms with Gasteiger partial charge in [0.2, 0.25) is 0 Å². The van der Waals surface area contributed by atoms with Crippen LogP contribution in [0.15, 0.2) is 311 Å². The van der Waals surface area contributed by atoms with Crippen molar-refractivity contribution in [2.75, 3.05) is 33.4 Å². The number of benzene rings is 10. The number of rotatable bonds is 15. The van der Waals surface area contributed by atoms with E-state index in [-0.39, 0.29) is 23.3 Å². The van der Waals surface area contributed by atoms with E-state index < -0.39 is 0 Å². The van der Waals surface area contributed by atoms with Gasteiger partial charge in [0.25, 0.3) is 0 Å². The van der Waals surface area contributed by atoms with Crippen molar-refractivity contribution in [2.45, 2.75) is 126 Å². The Kier molecular flexibility index (Phi) is 26.9. The number of likely N-dealkylation sites (tertiary alicyclic amines) is 1. The molecule has 12 heterocycles. The maximum absolute atomic E-state index is 13.8. The fraction of sp³-hybridized carbons (Fsp3) is 0.211. The predicted molar refractivity (Wildman–Crippen MR) is 537 cm³/mol. The number of hydrogen-bond donors (Lipinski definition) is 0. The van der Waals surface area contributed by atoms with E-state index in [0.717, 1.165) is 220 Å². The molecule has 0 radical (unpaired) electrons. The van der Waals surface area contributed by atoms with Gasteiger partial charge in [-0.1, -0.05) is 84.4 Å². The zero-order valence-corrected chi connectivity index (χ0v) is 77.7. The highest BCUT2D eigenvalue weighted by Crippen LogP contribution is 2.41. The summed E-state index contributed by atoms with van der Waals surface area (Å²) in [5.74, 6) is -0.796. The van der Waals surface area contributed by atoms with Crippen LogP contribution in [-0.2, 0) is 11.3 Å². The van der Waals surface area contributed by atoms with Crippen molar-refractivity contribution in [1.29, 1.82) is 0 Å². The molecule has 21 heteroatoms. The van der Waals surface area contributed by atoms with Gasteiger partial charge in [0.1, 0.15) is 23.3 Å². The number of hydrogen-bond acceptors (Lipinski definition) is 12. The van der Waals surface area contributed by atoms with Gasteiger partial charge in [0.15, 0.2) is 0 Å². The SMILES string of the molecule is CCn1cnc2ccc(-c3cccnc3-c3ccc(F)c(C)c3)cc21.Cc1cc(-c2ncccc2-c2ccc3ncn(C(C)C)c3c2)ccc1F.Cc1cc(-c2ncccc2-c2ccc3ncn(C4CCN(C)CC4)c3c2)ccc1F.Cc1cc(-c2ncccc2-c2ccc3ncn(C4CCOCC4)c3c2)ccc1F.Cc1cccc(-c2ncccc2-c2ccc3ncn(C(C)C)c3c2)c1. The van der Waals surface area contributed by atoms with E-state index in [1.165, 1.54) is 35.4 Å². The summed E-state index contributed by atoms with van der Waals surface area (Å²) in [4.78, 5) is 48.1. The summed E-state index contributed by atoms with van der Waals surface area (Å²) in [5.41, 5.74) is 34.4. The molecule has 676 valence electrons. The predicted octanol–water partition coefficient (Wildman–Crippen LogP) is 27.7. The largest absolute Gasteiger partial charge is 0.381 e. The van der Waals surface area contributed by atoms with Crippen molar-refractivity contribution in [2.24, 2.45) is 0 Å². The standard InChI is InChI=1S/C25H25FN4.C24H22FN3O.C22H20FN3.C22H21N3.C21H18FN3/c1-17-14-19(5-7-22(17)26)25-21(4-3-11-27-25)18-6-8-23-24(15-18)30(16-28-23)20-9-12-29(2)13-10-20;1-16-13-18(4-6-21(16)25)24-20(3-2-10-26-24)17-5-7-22-23(14-17)28(15-27-22)19-8-11-29-12-9-19;1-14(2)26-13-25-20-9-7-16(12-21(20)26)18-5-4-10-24-22(18)17-6-8-19(23)15(3)11-17;1-15(2)25-14-24-20-10-9-17(13-21(20)25)19-8-5-11-23-22(19)18-7-4-6-16(3)12-18;1-3-25-13-24-19-9-7-15(12-20(19)25)17-5-4-10-23-21(17)16-6-8-18(22)14(2)11-16/h3-8,11,14-16,20H,9-10,12-13H2,1-2H3;2-7,10,13-15,19H,8-9,11-12H2,1H3;4-14H,1-3H3;4-15H,1-3H3;4-13H,3H2,1-2H3. The van der Waals surface area contributed by atoms with Gasteiger partial charge in [-0.25, -0.2) is 42.5 Å². The van der Waals surface area contributed by atoms with Crippen LogP contribution in [0, 0.1) is 57.9 Å². The second kappa shape index (κ2) is 40.2. The van der Waals surface area contributed by atoms with Gasteiger partial charge < -0.3 is 32.5 Å². The third-order valence-electron chi connectivity index (χ3n) is 25.6. The molecular formula is C114H106F4N16O. The summed E-state index contributed by atoms with van der Waals surface area (Å²) in [6.45, 7) is 24.6. The lowest BCUT2D eigenvalue weighted by Gasteiger charge is -2.30. The Morgan fingerprint density at radius 2 is 0.600 bits per heavy atom. The molecule has 0 unspecified atom stereocenters. The fourth-order valence-corrected chi connectivity index (χ4v) is 18.2. The molecule has 17 nitrogen and oxygen atoms in total. The average molecular weight is 1790 g/mol. The number of fused-ring (bicyclic) bond motifs is 5. The molecule has 2 fully saturated rings. The van der Waals surface area contributed by atoms with Crippen LogP contribution in [0.1, 0.15) is 112 Å². The minimum absolute atomic E-state index is 0.195. The molecule has 20 aromatic rings. The van der Waals surface area contributed by atoms with E-state index in [1.807, 2.05) is 105 Å². The Labute approximate surface area is 783 Å². The summed E-state index contributed by atoms with van der Waals surface area (Å²) < 4.78 is 71.5. The van der Waals surface area contributed by atoms with Gasteiger partial charge in [-0.2, -0.15) is 0 Å². The normalized spacial score (nSPS) is 13.1. The Morgan fingerprint density at radius 3 is 0.933 bits per heavy atom. The first-order valence-corrected chi connectivity index (χ1v) is 46.1. The minimum Gasteiger partial charge on any atom is -0.381 e. The minimum atomic E-state index is -0.201. The van der Waals surface area contributed by atoms with Crippen LogP contribution in [0.2, 0.25) is 0 Å². The van der Waals surface area contributed by atoms with E-state index in [0.29, 0.717) is 46.4 Å². The zero-order chi connectivity index (χ0) is 93.5. The fourth-order valence-electron chi connectivity index (χ4n) is 18.2. The van der Waals surface area contributed by atoms with Gasteiger partial charge in [-0.15, -0.1) is 0 Å². The summed E-state index contributed by atoms with van der Waals surface area (Å²) in [7, 11) is 2.18. The lowest BCUT2D eigenvalue weighted by molar-refractivity contribution is 0.0706. The molecule has 10 aromatic heterocycles. The summed E-state index contributed by atoms with van der Waals surface area (Å²) in [6.07, 6.45) is 22.8. The molecule has 2 aliphatic heterocycles. The topological polar surface area (TPSA) is 166 Å². The van der Waals surface area contributed by atoms with Crippen LogP contribution in [0.5, 0.6) is 0 Å². The maximum Gasteiger partial charge on any atom is 0.126 e. The quantitative estimate of drug-likeness (QED) is 0.0893. The third kappa shape index (κ3) is 19.6. The second-order valence-electron chi connectivity index (χ2n) is 35.4. The molecule has 0 aliphatic carbocycles. The van der Waals surface area contributed by atoms with Crippen molar-refractivity contribution in [3.8, 4) is 112 Å². The average Bonchev–Trinajstić information content (AvgIpc) is 1.80. The van der Waals surface area contributed by atoms with Gasteiger partial charge >= 0.3 is 0 Å². The monoisotopic (exact) mass is 1790 g/mol. The second-order valence-corrected chi connectivity index (χ2v) is 35.4. The lowest BCUT2D eigenvalue weighted by Crippen LogP contribution is -2.31. The molecule has 0 atom stereocenters. The highest BCUT2D eigenvalue weighted by atomic mass is 19.1. The van der Waals surface area contributed by atoms with E-state index in [9.17, 15) is 17.6 Å². The van der Waals surface area contributed by atoms with Crippen LogP contribution >= 0.6 is 0 Å². The summed E-state index contributed by atoms with van der Waals surface area (Å²) in [6, 6.07) is 82.5. The number of aryl methyl sites for hydroxylation is 6. The Balaban J connectivity index is 0.000000113. The van der Waals surface area contributed by atoms with Gasteiger partial charge in [0.05, 0.1) is 115 Å². The smallest absolute Gasteiger partial charge is 0.126 e. The first-order chi connectivity index (χ1) is 65.6. The highest BCUT2D eigenvalue weighted by Gasteiger charge is 2.25. The molecule has 0 spiro atoms. The number of halogens is 4. The molecule has 0 bridgehead atoms. The summed E-state index contributed by atoms with van der Waals surface area (Å²) >= 11 is 0. The number of nitrogens with zero attached hydrogens (tertiary/aromatic N) is 16. The Hall–Kier alpha value is -15.1. The van der Waals surface area contributed by atoms with E-state index in [1.54, 1.807) is 76.7 Å². The maximum atomic E-state index is 13.8. The van der Waals surface area contributed by atoms with Crippen molar-refractivity contribution in [3.05, 3.63) is 362 Å². The van der Waals surface area contributed by atoms with Crippen molar-refractivity contribution < 1.29 is 22.3 Å². The molecular weight excluding hydrogens is 1690 g/mol. The summed E-state index contributed by atoms with van der Waals surface area (Å²) in [5, 5.41) is 0. The van der Waals surface area contributed by atoms with Gasteiger partial charge in [0, 0.05) is 131 Å². The number of pyridine rings is 5. The van der Waals surface area contributed by atoms with E-state index in [2.05, 4.69) is 260 Å². The third-order valence-corrected chi connectivity index (χ3v) is 25.6. The first-order valence-electron chi connectivity index (χ1n) is 46.1. The first kappa shape index (κ1) is 90.5. The number of piperidine rings is 1. The molecule has 2 aliphatic rings. The molecule has 10 aromatic carbocycles. The molecule has 135 heavy (non-hydrogen) atoms. The molecule has 22 rings (SSSR count). The van der Waals surface area contributed by atoms with Gasteiger partial charge in [-0.05, 0) is 335 Å². The van der Waals surface area contributed by atoms with E-state index in [4.69, 9.17) is 4.74 Å². The highest BCUT2D eigenvalue weighted by molar-refractivity contribution is 5.93. The lowest BCUT2D eigenvalue weighted by atomic mass is 9.97. The Morgan fingerprint density at radius 1 is 0.304 bits per heavy atom. The van der Waals surface area contributed by atoms with E-state index >= 15 is 0 Å². The Bertz CT molecular complexity index is 7680. The van der Waals surface area contributed by atoms with Crippen LogP contribution < -0.4 is 0 Å². The van der Waals surface area contributed by atoms with Gasteiger partial charge in [-0.3, -0.25) is 24.9 Å². The number of imidazole rings is 5. The van der Waals surface area contributed by atoms with Crippen molar-refractivity contribution >= 4 is 55.2 Å². The van der Waals surface area contributed by atoms with Crippen LogP contribution in [0.4, 0.5) is 17.6 Å². The molecule has 0 N–H and O–H groups in total. The molecule has 0 saturated carbocycles. The molecule has 2 saturated heterocycles. The van der Waals surface area contributed by atoms with Crippen molar-refractivity contribution in [3.63, 3.8) is 0 Å².